The first kappa shape index (κ1) is 23.5. The molecule has 9 heteroatoms. The molecule has 7 nitrogen and oxygen atoms in total. The number of hydrogen-bond acceptors (Lipinski definition) is 6. The zero-order valence-corrected chi connectivity index (χ0v) is 20.2. The fraction of sp³-hybridized carbons (Fsp3) is 0.500. The van der Waals surface area contributed by atoms with Crippen molar-refractivity contribution in [3.63, 3.8) is 0 Å². The Balaban J connectivity index is 1.63. The summed E-state index contributed by atoms with van der Waals surface area (Å²) in [5, 5.41) is 4.38. The molecule has 0 aliphatic carbocycles. The Morgan fingerprint density at radius 2 is 1.87 bits per heavy atom. The van der Waals surface area contributed by atoms with Crippen molar-refractivity contribution in [1.29, 1.82) is 0 Å². The number of nitrogens with one attached hydrogen (secondary N) is 1. The molecule has 1 aliphatic heterocycles. The maximum absolute atomic E-state index is 12.5. The van der Waals surface area contributed by atoms with Gasteiger partial charge in [-0.25, -0.2) is 9.78 Å². The molecule has 1 aromatic heterocycles. The van der Waals surface area contributed by atoms with E-state index in [1.165, 1.54) is 11.3 Å². The summed E-state index contributed by atoms with van der Waals surface area (Å²) in [5.41, 5.74) is 2.23. The van der Waals surface area contributed by atoms with Gasteiger partial charge in [0.1, 0.15) is 10.5 Å². The van der Waals surface area contributed by atoms with E-state index < -0.39 is 5.60 Å². The Morgan fingerprint density at radius 3 is 2.45 bits per heavy atom. The normalized spacial score (nSPS) is 15.1. The Hall–Kier alpha value is -2.16. The number of nitrogens with zero attached hydrogens (tertiary/aromatic N) is 3. The Labute approximate surface area is 192 Å². The van der Waals surface area contributed by atoms with Gasteiger partial charge < -0.3 is 15.0 Å². The number of carbonyl (C=O) groups is 2. The number of amides is 2. The lowest BCUT2D eigenvalue weighted by molar-refractivity contribution is 0.0139. The highest BCUT2D eigenvalue weighted by molar-refractivity contribution is 7.13. The van der Waals surface area contributed by atoms with Crippen LogP contribution in [0.25, 0.3) is 0 Å². The molecule has 1 saturated heterocycles. The van der Waals surface area contributed by atoms with Gasteiger partial charge in [-0.3, -0.25) is 9.69 Å². The molecule has 1 aromatic carbocycles. The van der Waals surface area contributed by atoms with Gasteiger partial charge in [0.15, 0.2) is 0 Å². The molecule has 1 fully saturated rings. The summed E-state index contributed by atoms with van der Waals surface area (Å²) in [6.07, 6.45) is 1.31. The van der Waals surface area contributed by atoms with Crippen LogP contribution in [0, 0.1) is 13.8 Å². The fourth-order valence-corrected chi connectivity index (χ4v) is 4.25. The van der Waals surface area contributed by atoms with Crippen LogP contribution in [0.3, 0.4) is 0 Å². The van der Waals surface area contributed by atoms with Gasteiger partial charge in [0, 0.05) is 43.4 Å². The second kappa shape index (κ2) is 9.54. The number of thiazole rings is 1. The minimum Gasteiger partial charge on any atom is -0.444 e. The molecule has 0 bridgehead atoms. The van der Waals surface area contributed by atoms with Crippen LogP contribution in [0.2, 0.25) is 5.02 Å². The Kier molecular flexibility index (Phi) is 7.24. The summed E-state index contributed by atoms with van der Waals surface area (Å²) >= 11 is 7.71. The maximum atomic E-state index is 12.5. The second-order valence-electron chi connectivity index (χ2n) is 8.68. The van der Waals surface area contributed by atoms with Crippen LogP contribution in [0.15, 0.2) is 18.3 Å². The molecule has 3 rings (SSSR count). The van der Waals surface area contributed by atoms with Crippen LogP contribution in [0.1, 0.15) is 46.6 Å². The quantitative estimate of drug-likeness (QED) is 0.708. The van der Waals surface area contributed by atoms with E-state index in [1.54, 1.807) is 17.2 Å². The van der Waals surface area contributed by atoms with Gasteiger partial charge in [0.25, 0.3) is 5.91 Å². The average Bonchev–Trinajstić information content (AvgIpc) is 3.11. The highest BCUT2D eigenvalue weighted by atomic mass is 35.5. The SMILES string of the molecule is Cc1ncc(C(=O)Nc2cc(Cl)cc(CN3CCN(C(=O)OC(C)(C)C)CC3)c2C)s1. The van der Waals surface area contributed by atoms with Crippen LogP contribution < -0.4 is 5.32 Å². The first-order chi connectivity index (χ1) is 14.5. The summed E-state index contributed by atoms with van der Waals surface area (Å²) < 4.78 is 5.46. The standard InChI is InChI=1S/C22H29ClN4O3S/c1-14-16(13-26-6-8-27(9-7-26)21(29)30-22(3,4)5)10-17(23)11-18(14)25-20(28)19-12-24-15(2)31-19/h10-12H,6-9,13H2,1-5H3,(H,25,28). The maximum Gasteiger partial charge on any atom is 0.410 e. The molecule has 0 spiro atoms. The van der Waals surface area contributed by atoms with E-state index in [0.717, 1.165) is 29.2 Å². The number of benzene rings is 1. The summed E-state index contributed by atoms with van der Waals surface area (Å²) in [6, 6.07) is 3.70. The second-order valence-corrected chi connectivity index (χ2v) is 10.3. The predicted molar refractivity (Wildman–Crippen MR) is 124 cm³/mol. The van der Waals surface area contributed by atoms with Gasteiger partial charge in [-0.1, -0.05) is 11.6 Å². The van der Waals surface area contributed by atoms with Crippen molar-refractivity contribution < 1.29 is 14.3 Å². The third kappa shape index (κ3) is 6.41. The minimum atomic E-state index is -0.495. The van der Waals surface area contributed by atoms with Crippen molar-refractivity contribution in [2.75, 3.05) is 31.5 Å². The smallest absolute Gasteiger partial charge is 0.410 e. The van der Waals surface area contributed by atoms with Gasteiger partial charge in [0.2, 0.25) is 0 Å². The molecule has 0 unspecified atom stereocenters. The van der Waals surface area contributed by atoms with Gasteiger partial charge in [-0.15, -0.1) is 11.3 Å². The van der Waals surface area contributed by atoms with E-state index in [9.17, 15) is 9.59 Å². The molecule has 1 N–H and O–H groups in total. The van der Waals surface area contributed by atoms with Crippen molar-refractivity contribution in [2.24, 2.45) is 0 Å². The number of carbonyl (C=O) groups excluding carboxylic acids is 2. The first-order valence-corrected chi connectivity index (χ1v) is 11.4. The lowest BCUT2D eigenvalue weighted by atomic mass is 10.1. The zero-order chi connectivity index (χ0) is 22.8. The van der Waals surface area contributed by atoms with Crippen molar-refractivity contribution in [3.8, 4) is 0 Å². The summed E-state index contributed by atoms with van der Waals surface area (Å²) in [4.78, 5) is 33.5. The van der Waals surface area contributed by atoms with Crippen LogP contribution in [-0.4, -0.2) is 58.6 Å². The van der Waals surface area contributed by atoms with E-state index in [-0.39, 0.29) is 12.0 Å². The highest BCUT2D eigenvalue weighted by Gasteiger charge is 2.26. The summed E-state index contributed by atoms with van der Waals surface area (Å²) in [6.45, 7) is 12.9. The molecule has 0 saturated carbocycles. The number of halogens is 1. The van der Waals surface area contributed by atoms with Crippen molar-refractivity contribution in [1.82, 2.24) is 14.8 Å². The number of aryl methyl sites for hydroxylation is 1. The molecule has 2 aromatic rings. The number of anilines is 1. The van der Waals surface area contributed by atoms with Crippen molar-refractivity contribution in [3.05, 3.63) is 44.4 Å². The molecule has 31 heavy (non-hydrogen) atoms. The number of aromatic nitrogens is 1. The van der Waals surface area contributed by atoms with Crippen molar-refractivity contribution in [2.45, 2.75) is 46.8 Å². The monoisotopic (exact) mass is 464 g/mol. The van der Waals surface area contributed by atoms with Crippen LogP contribution in [0.4, 0.5) is 10.5 Å². The minimum absolute atomic E-state index is 0.187. The molecule has 168 valence electrons. The first-order valence-electron chi connectivity index (χ1n) is 10.2. The third-order valence-corrected chi connectivity index (χ3v) is 6.12. The lowest BCUT2D eigenvalue weighted by Crippen LogP contribution is -2.49. The van der Waals surface area contributed by atoms with E-state index >= 15 is 0 Å². The Morgan fingerprint density at radius 1 is 1.19 bits per heavy atom. The summed E-state index contributed by atoms with van der Waals surface area (Å²) in [5.74, 6) is -0.187. The van der Waals surface area contributed by atoms with Gasteiger partial charge in [-0.2, -0.15) is 0 Å². The molecule has 1 aliphatic rings. The fourth-order valence-electron chi connectivity index (χ4n) is 3.34. The van der Waals surface area contributed by atoms with Gasteiger partial charge >= 0.3 is 6.09 Å². The predicted octanol–water partition coefficient (Wildman–Crippen LogP) is 4.72. The van der Waals surface area contributed by atoms with E-state index in [1.807, 2.05) is 40.7 Å². The zero-order valence-electron chi connectivity index (χ0n) is 18.6. The number of ether oxygens (including phenoxy) is 1. The lowest BCUT2D eigenvalue weighted by Gasteiger charge is -2.35. The Bertz CT molecular complexity index is 962. The van der Waals surface area contributed by atoms with Crippen LogP contribution in [0.5, 0.6) is 0 Å². The average molecular weight is 465 g/mol. The largest absolute Gasteiger partial charge is 0.444 e. The van der Waals surface area contributed by atoms with E-state index in [4.69, 9.17) is 16.3 Å². The van der Waals surface area contributed by atoms with Crippen LogP contribution in [-0.2, 0) is 11.3 Å². The number of rotatable bonds is 4. The third-order valence-electron chi connectivity index (χ3n) is 4.99. The van der Waals surface area contributed by atoms with Gasteiger partial charge in [-0.05, 0) is 57.9 Å². The molecular weight excluding hydrogens is 436 g/mol. The molecule has 0 atom stereocenters. The topological polar surface area (TPSA) is 74.8 Å². The molecular formula is C22H29ClN4O3S. The molecule has 2 amide bonds. The van der Waals surface area contributed by atoms with E-state index in [0.29, 0.717) is 35.2 Å². The number of piperazine rings is 1. The van der Waals surface area contributed by atoms with Crippen LogP contribution >= 0.6 is 22.9 Å². The van der Waals surface area contributed by atoms with Gasteiger partial charge in [0.05, 0.1) is 11.2 Å². The van der Waals surface area contributed by atoms with E-state index in [2.05, 4.69) is 15.2 Å². The van der Waals surface area contributed by atoms with Crippen molar-refractivity contribution >= 4 is 40.6 Å². The summed E-state index contributed by atoms with van der Waals surface area (Å²) in [7, 11) is 0. The number of hydrogen-bond donors (Lipinski definition) is 1. The highest BCUT2D eigenvalue weighted by Crippen LogP contribution is 2.27. The molecule has 2 heterocycles. The molecule has 0 radical (unpaired) electrons.